The highest BCUT2D eigenvalue weighted by Gasteiger charge is 2.20. The van der Waals surface area contributed by atoms with E-state index in [0.29, 0.717) is 29.0 Å². The van der Waals surface area contributed by atoms with Crippen molar-refractivity contribution in [2.75, 3.05) is 5.32 Å². The number of anilines is 1. The normalized spacial score (nSPS) is 11.5. The first-order valence-corrected chi connectivity index (χ1v) is 9.79. The van der Waals surface area contributed by atoms with Crippen LogP contribution < -0.4 is 10.1 Å². The molecule has 1 amide bonds. The monoisotopic (exact) mass is 437 g/mol. The zero-order chi connectivity index (χ0) is 19.9. The summed E-state index contributed by atoms with van der Waals surface area (Å²) in [6.07, 6.45) is -0.0386. The van der Waals surface area contributed by atoms with Crippen molar-refractivity contribution >= 4 is 33.3 Å². The standard InChI is InChI=1S/C23H20BrNO3/c1-2-21(22(26)16-7-4-3-5-8-16)28-20-10-6-9-19(15-20)25-23(27)17-11-13-18(24)14-12-17/h3-15,21H,2H2,1H3,(H,25,27). The Labute approximate surface area is 172 Å². The van der Waals surface area contributed by atoms with Gasteiger partial charge in [-0.1, -0.05) is 59.3 Å². The van der Waals surface area contributed by atoms with Crippen LogP contribution in [0.1, 0.15) is 34.1 Å². The number of ether oxygens (including phenoxy) is 1. The SMILES string of the molecule is CCC(Oc1cccc(NC(=O)c2ccc(Br)cc2)c1)C(=O)c1ccccc1. The molecule has 4 nitrogen and oxygen atoms in total. The van der Waals surface area contributed by atoms with Crippen LogP contribution in [-0.4, -0.2) is 17.8 Å². The molecule has 28 heavy (non-hydrogen) atoms. The zero-order valence-corrected chi connectivity index (χ0v) is 17.0. The average molecular weight is 438 g/mol. The van der Waals surface area contributed by atoms with Crippen LogP contribution in [0.15, 0.2) is 83.3 Å². The van der Waals surface area contributed by atoms with Crippen LogP contribution in [-0.2, 0) is 0 Å². The van der Waals surface area contributed by atoms with Crippen LogP contribution >= 0.6 is 15.9 Å². The summed E-state index contributed by atoms with van der Waals surface area (Å²) in [5.74, 6) is 0.259. The minimum absolute atomic E-state index is 0.0626. The van der Waals surface area contributed by atoms with Crippen molar-refractivity contribution in [3.8, 4) is 5.75 Å². The molecule has 0 saturated carbocycles. The molecule has 0 fully saturated rings. The van der Waals surface area contributed by atoms with Gasteiger partial charge in [0.05, 0.1) is 0 Å². The Kier molecular flexibility index (Phi) is 6.61. The maximum atomic E-state index is 12.7. The fourth-order valence-electron chi connectivity index (χ4n) is 2.73. The predicted molar refractivity (Wildman–Crippen MR) is 114 cm³/mol. The van der Waals surface area contributed by atoms with Crippen LogP contribution in [0.2, 0.25) is 0 Å². The number of hydrogen-bond acceptors (Lipinski definition) is 3. The maximum Gasteiger partial charge on any atom is 0.255 e. The van der Waals surface area contributed by atoms with E-state index in [1.165, 1.54) is 0 Å². The van der Waals surface area contributed by atoms with Gasteiger partial charge in [-0.3, -0.25) is 9.59 Å². The molecule has 0 radical (unpaired) electrons. The van der Waals surface area contributed by atoms with Gasteiger partial charge in [0, 0.05) is 27.4 Å². The Morgan fingerprint density at radius 3 is 2.32 bits per heavy atom. The number of nitrogens with one attached hydrogen (secondary N) is 1. The van der Waals surface area contributed by atoms with Gasteiger partial charge in [0.25, 0.3) is 5.91 Å². The molecule has 0 aromatic heterocycles. The van der Waals surface area contributed by atoms with Crippen molar-refractivity contribution < 1.29 is 14.3 Å². The number of hydrogen-bond donors (Lipinski definition) is 1. The summed E-state index contributed by atoms with van der Waals surface area (Å²) < 4.78 is 6.83. The summed E-state index contributed by atoms with van der Waals surface area (Å²) in [6.45, 7) is 1.91. The fourth-order valence-corrected chi connectivity index (χ4v) is 2.99. The molecule has 0 saturated heterocycles. The highest BCUT2D eigenvalue weighted by atomic mass is 79.9. The van der Waals surface area contributed by atoms with E-state index in [1.54, 1.807) is 48.5 Å². The molecule has 1 N–H and O–H groups in total. The van der Waals surface area contributed by atoms with Crippen molar-refractivity contribution in [1.82, 2.24) is 0 Å². The number of rotatable bonds is 7. The molecule has 3 aromatic rings. The molecule has 3 rings (SSSR count). The van der Waals surface area contributed by atoms with E-state index in [1.807, 2.05) is 37.3 Å². The number of Topliss-reactive ketones (excluding diaryl/α,β-unsaturated/α-hetero) is 1. The summed E-state index contributed by atoms with van der Waals surface area (Å²) in [5.41, 5.74) is 1.78. The average Bonchev–Trinajstić information content (AvgIpc) is 2.73. The van der Waals surface area contributed by atoms with Gasteiger partial charge >= 0.3 is 0 Å². The molecular formula is C23H20BrNO3. The molecule has 0 aliphatic rings. The molecule has 0 aliphatic carbocycles. The number of benzene rings is 3. The van der Waals surface area contributed by atoms with Gasteiger partial charge in [-0.15, -0.1) is 0 Å². The maximum absolute atomic E-state index is 12.7. The van der Waals surface area contributed by atoms with E-state index < -0.39 is 6.10 Å². The second kappa shape index (κ2) is 9.33. The molecule has 0 bridgehead atoms. The van der Waals surface area contributed by atoms with Crippen molar-refractivity contribution in [1.29, 1.82) is 0 Å². The zero-order valence-electron chi connectivity index (χ0n) is 15.4. The molecular weight excluding hydrogens is 418 g/mol. The lowest BCUT2D eigenvalue weighted by atomic mass is 10.0. The Balaban J connectivity index is 1.70. The number of amides is 1. The first-order chi connectivity index (χ1) is 13.6. The molecule has 1 unspecified atom stereocenters. The smallest absolute Gasteiger partial charge is 0.255 e. The summed E-state index contributed by atoms with van der Waals surface area (Å²) in [5, 5.41) is 2.85. The van der Waals surface area contributed by atoms with E-state index in [4.69, 9.17) is 4.74 Å². The third-order valence-corrected chi connectivity index (χ3v) is 4.73. The topological polar surface area (TPSA) is 55.4 Å². The Morgan fingerprint density at radius 1 is 0.929 bits per heavy atom. The minimum Gasteiger partial charge on any atom is -0.482 e. The van der Waals surface area contributed by atoms with Crippen LogP contribution in [0.4, 0.5) is 5.69 Å². The second-order valence-corrected chi connectivity index (χ2v) is 7.15. The van der Waals surface area contributed by atoms with Crippen LogP contribution in [0.25, 0.3) is 0 Å². The lowest BCUT2D eigenvalue weighted by molar-refractivity contribution is 0.0786. The lowest BCUT2D eigenvalue weighted by Crippen LogP contribution is -2.26. The van der Waals surface area contributed by atoms with Crippen molar-refractivity contribution in [3.63, 3.8) is 0 Å². The highest BCUT2D eigenvalue weighted by molar-refractivity contribution is 9.10. The molecule has 5 heteroatoms. The van der Waals surface area contributed by atoms with E-state index in [-0.39, 0.29) is 11.7 Å². The van der Waals surface area contributed by atoms with E-state index in [2.05, 4.69) is 21.2 Å². The quantitative estimate of drug-likeness (QED) is 0.479. The second-order valence-electron chi connectivity index (χ2n) is 6.23. The molecule has 1 atom stereocenters. The van der Waals surface area contributed by atoms with Gasteiger partial charge in [-0.05, 0) is 42.8 Å². The summed E-state index contributed by atoms with van der Waals surface area (Å²) in [4.78, 5) is 25.0. The first-order valence-electron chi connectivity index (χ1n) is 8.99. The van der Waals surface area contributed by atoms with Crippen LogP contribution in [0.3, 0.4) is 0 Å². The van der Waals surface area contributed by atoms with Crippen molar-refractivity contribution in [3.05, 3.63) is 94.5 Å². The molecule has 0 heterocycles. The summed E-state index contributed by atoms with van der Waals surface area (Å²) >= 11 is 3.35. The van der Waals surface area contributed by atoms with Gasteiger partial charge < -0.3 is 10.1 Å². The van der Waals surface area contributed by atoms with Crippen molar-refractivity contribution in [2.45, 2.75) is 19.4 Å². The van der Waals surface area contributed by atoms with Gasteiger partial charge in [0.2, 0.25) is 5.78 Å². The first kappa shape index (κ1) is 19.8. The fraction of sp³-hybridized carbons (Fsp3) is 0.130. The van der Waals surface area contributed by atoms with Gasteiger partial charge in [-0.25, -0.2) is 0 Å². The van der Waals surface area contributed by atoms with E-state index in [9.17, 15) is 9.59 Å². The molecule has 3 aromatic carbocycles. The van der Waals surface area contributed by atoms with E-state index >= 15 is 0 Å². The van der Waals surface area contributed by atoms with Gasteiger partial charge in [0.15, 0.2) is 6.10 Å². The van der Waals surface area contributed by atoms with E-state index in [0.717, 1.165) is 4.47 Å². The number of carbonyl (C=O) groups excluding carboxylic acids is 2. The predicted octanol–water partition coefficient (Wildman–Crippen LogP) is 5.74. The van der Waals surface area contributed by atoms with Crippen molar-refractivity contribution in [2.24, 2.45) is 0 Å². The minimum atomic E-state index is -0.583. The molecule has 0 spiro atoms. The van der Waals surface area contributed by atoms with Gasteiger partial charge in [0.1, 0.15) is 5.75 Å². The summed E-state index contributed by atoms with van der Waals surface area (Å²) in [7, 11) is 0. The van der Waals surface area contributed by atoms with Crippen LogP contribution in [0, 0.1) is 0 Å². The number of ketones is 1. The Hall–Kier alpha value is -2.92. The molecule has 0 aliphatic heterocycles. The Morgan fingerprint density at radius 2 is 1.64 bits per heavy atom. The van der Waals surface area contributed by atoms with Crippen LogP contribution in [0.5, 0.6) is 5.75 Å². The summed E-state index contributed by atoms with van der Waals surface area (Å²) in [6, 6.07) is 23.3. The third kappa shape index (κ3) is 5.08. The Bertz CT molecular complexity index is 955. The number of halogens is 1. The lowest BCUT2D eigenvalue weighted by Gasteiger charge is -2.17. The largest absolute Gasteiger partial charge is 0.482 e. The third-order valence-electron chi connectivity index (χ3n) is 4.20. The molecule has 142 valence electrons. The van der Waals surface area contributed by atoms with Gasteiger partial charge in [-0.2, -0.15) is 0 Å². The highest BCUT2D eigenvalue weighted by Crippen LogP contribution is 2.22. The number of carbonyl (C=O) groups is 2.